The number of amides is 3. The van der Waals surface area contributed by atoms with Crippen LogP contribution in [0.15, 0.2) is 24.3 Å². The minimum Gasteiger partial charge on any atom is -0.497 e. The number of methoxy groups -OCH3 is 1. The van der Waals surface area contributed by atoms with E-state index in [9.17, 15) is 14.4 Å². The van der Waals surface area contributed by atoms with Crippen molar-refractivity contribution >= 4 is 17.7 Å². The summed E-state index contributed by atoms with van der Waals surface area (Å²) in [6, 6.07) is 6.21. The van der Waals surface area contributed by atoms with Crippen LogP contribution in [0.1, 0.15) is 62.7 Å². The third-order valence-electron chi connectivity index (χ3n) is 7.43. The molecule has 1 spiro atoms. The Labute approximate surface area is 195 Å². The van der Waals surface area contributed by atoms with Crippen LogP contribution in [0.3, 0.4) is 0 Å². The summed E-state index contributed by atoms with van der Waals surface area (Å²) in [4.78, 5) is 43.1. The fourth-order valence-electron chi connectivity index (χ4n) is 4.87. The largest absolute Gasteiger partial charge is 0.497 e. The van der Waals surface area contributed by atoms with Gasteiger partial charge in [0.1, 0.15) is 17.5 Å². The van der Waals surface area contributed by atoms with E-state index < -0.39 is 11.8 Å². The maximum Gasteiger partial charge on any atom is 0.256 e. The van der Waals surface area contributed by atoms with Crippen molar-refractivity contribution < 1.29 is 23.9 Å². The average molecular weight is 458 g/mol. The summed E-state index contributed by atoms with van der Waals surface area (Å²) in [7, 11) is 1.58. The van der Waals surface area contributed by atoms with Gasteiger partial charge in [0, 0.05) is 43.5 Å². The van der Waals surface area contributed by atoms with Gasteiger partial charge in [-0.3, -0.25) is 19.3 Å². The van der Waals surface area contributed by atoms with Crippen LogP contribution in [0.25, 0.3) is 0 Å². The number of nitrogens with one attached hydrogen (secondary N) is 1. The molecule has 0 radical (unpaired) electrons. The first kappa shape index (κ1) is 23.5. The number of carbonyl (C=O) groups excluding carboxylic acids is 3. The van der Waals surface area contributed by atoms with Crippen LogP contribution in [0.4, 0.5) is 0 Å². The molecule has 3 aliphatic rings. The summed E-state index contributed by atoms with van der Waals surface area (Å²) in [5.74, 6) is 0.588. The number of benzene rings is 1. The molecule has 180 valence electrons. The van der Waals surface area contributed by atoms with E-state index in [1.807, 2.05) is 18.7 Å². The highest BCUT2D eigenvalue weighted by Gasteiger charge is 2.54. The normalized spacial score (nSPS) is 23.2. The van der Waals surface area contributed by atoms with Gasteiger partial charge in [0.15, 0.2) is 0 Å². The van der Waals surface area contributed by atoms with Gasteiger partial charge in [-0.1, -0.05) is 13.3 Å². The van der Waals surface area contributed by atoms with Crippen molar-refractivity contribution in [1.29, 1.82) is 0 Å². The number of nitrogens with zero attached hydrogens (tertiary/aromatic N) is 2. The smallest absolute Gasteiger partial charge is 0.256 e. The van der Waals surface area contributed by atoms with Gasteiger partial charge in [-0.25, -0.2) is 0 Å². The number of hydrogen-bond acceptors (Lipinski definition) is 5. The molecule has 0 bridgehead atoms. The molecule has 33 heavy (non-hydrogen) atoms. The Kier molecular flexibility index (Phi) is 6.93. The van der Waals surface area contributed by atoms with E-state index in [-0.39, 0.29) is 36.3 Å². The topological polar surface area (TPSA) is 88.2 Å². The fraction of sp³-hybridized carbons (Fsp3) is 0.640. The van der Waals surface area contributed by atoms with E-state index in [0.29, 0.717) is 37.2 Å². The van der Waals surface area contributed by atoms with Crippen LogP contribution in [0.2, 0.25) is 0 Å². The summed E-state index contributed by atoms with van der Waals surface area (Å²) in [5, 5.41) is 3.01. The Balaban J connectivity index is 1.56. The van der Waals surface area contributed by atoms with Crippen LogP contribution >= 0.6 is 0 Å². The second-order valence-corrected chi connectivity index (χ2v) is 9.45. The van der Waals surface area contributed by atoms with Crippen LogP contribution in [0.5, 0.6) is 5.75 Å². The van der Waals surface area contributed by atoms with Crippen molar-refractivity contribution in [2.45, 2.75) is 70.2 Å². The zero-order chi connectivity index (χ0) is 23.6. The molecule has 8 heteroatoms. The van der Waals surface area contributed by atoms with E-state index >= 15 is 0 Å². The maximum absolute atomic E-state index is 13.7. The van der Waals surface area contributed by atoms with Crippen molar-refractivity contribution in [3.8, 4) is 5.75 Å². The third kappa shape index (κ3) is 4.58. The van der Waals surface area contributed by atoms with Crippen LogP contribution in [-0.2, 0) is 14.3 Å². The summed E-state index contributed by atoms with van der Waals surface area (Å²) >= 11 is 0. The van der Waals surface area contributed by atoms with Gasteiger partial charge in [-0.15, -0.1) is 0 Å². The molecule has 8 nitrogen and oxygen atoms in total. The van der Waals surface area contributed by atoms with Crippen LogP contribution in [0, 0.1) is 5.92 Å². The molecule has 2 saturated heterocycles. The van der Waals surface area contributed by atoms with Gasteiger partial charge in [-0.05, 0) is 50.5 Å². The zero-order valence-corrected chi connectivity index (χ0v) is 19.8. The van der Waals surface area contributed by atoms with Gasteiger partial charge in [0.25, 0.3) is 5.91 Å². The lowest BCUT2D eigenvalue weighted by molar-refractivity contribution is -0.149. The van der Waals surface area contributed by atoms with E-state index in [0.717, 1.165) is 25.7 Å². The van der Waals surface area contributed by atoms with Crippen molar-refractivity contribution in [3.63, 3.8) is 0 Å². The standard InChI is InChI=1S/C25H35N3O5/c1-4-17(2)26-22(29)21-16-33-25(12-14-27(15-13-25)23(30)18-6-5-7-18)28(21)24(31)19-8-10-20(32-3)11-9-19/h8-11,17-18,21H,4-7,12-16H2,1-3H3,(H,26,29)/t17-,21+/m1/s1. The van der Waals surface area contributed by atoms with Crippen molar-refractivity contribution in [2.24, 2.45) is 5.92 Å². The molecule has 2 aliphatic heterocycles. The molecule has 2 heterocycles. The molecule has 4 rings (SSSR count). The van der Waals surface area contributed by atoms with Gasteiger partial charge in [-0.2, -0.15) is 0 Å². The summed E-state index contributed by atoms with van der Waals surface area (Å²) < 4.78 is 11.5. The van der Waals surface area contributed by atoms with Crippen molar-refractivity contribution in [2.75, 3.05) is 26.8 Å². The molecule has 1 aliphatic carbocycles. The quantitative estimate of drug-likeness (QED) is 0.709. The lowest BCUT2D eigenvalue weighted by Gasteiger charge is -2.45. The van der Waals surface area contributed by atoms with Crippen LogP contribution < -0.4 is 10.1 Å². The molecule has 3 fully saturated rings. The fourth-order valence-corrected chi connectivity index (χ4v) is 4.87. The minimum atomic E-state index is -0.884. The van der Waals surface area contributed by atoms with Gasteiger partial charge in [0.05, 0.1) is 13.7 Å². The molecule has 1 aromatic rings. The van der Waals surface area contributed by atoms with E-state index in [1.165, 1.54) is 0 Å². The SMILES string of the molecule is CC[C@@H](C)NC(=O)[C@@H]1COC2(CCN(C(=O)C3CCC3)CC2)N1C(=O)c1ccc(OC)cc1. The number of carbonyl (C=O) groups is 3. The predicted molar refractivity (Wildman–Crippen MR) is 123 cm³/mol. The number of ether oxygens (including phenoxy) is 2. The Morgan fingerprint density at radius 3 is 2.39 bits per heavy atom. The summed E-state index contributed by atoms with van der Waals surface area (Å²) in [6.07, 6.45) is 4.86. The molecule has 1 aromatic carbocycles. The maximum atomic E-state index is 13.7. The molecule has 2 atom stereocenters. The van der Waals surface area contributed by atoms with E-state index in [2.05, 4.69) is 5.32 Å². The van der Waals surface area contributed by atoms with Crippen molar-refractivity contribution in [1.82, 2.24) is 15.1 Å². The predicted octanol–water partition coefficient (Wildman–Crippen LogP) is 2.57. The first-order chi connectivity index (χ1) is 15.9. The van der Waals surface area contributed by atoms with Crippen LogP contribution in [-0.4, -0.2) is 72.1 Å². The Morgan fingerprint density at radius 2 is 1.85 bits per heavy atom. The molecule has 3 amide bonds. The van der Waals surface area contributed by atoms with Gasteiger partial charge in [0.2, 0.25) is 11.8 Å². The average Bonchev–Trinajstić information content (AvgIpc) is 3.16. The highest BCUT2D eigenvalue weighted by Crippen LogP contribution is 2.40. The molecule has 0 aromatic heterocycles. The number of rotatable bonds is 6. The lowest BCUT2D eigenvalue weighted by atomic mass is 9.83. The zero-order valence-electron chi connectivity index (χ0n) is 19.8. The molecule has 1 N–H and O–H groups in total. The van der Waals surface area contributed by atoms with E-state index in [4.69, 9.17) is 9.47 Å². The molecule has 1 saturated carbocycles. The minimum absolute atomic E-state index is 0.00827. The van der Waals surface area contributed by atoms with Gasteiger partial charge >= 0.3 is 0 Å². The second kappa shape index (κ2) is 9.71. The summed E-state index contributed by atoms with van der Waals surface area (Å²) in [6.45, 7) is 5.17. The Bertz CT molecular complexity index is 875. The highest BCUT2D eigenvalue weighted by atomic mass is 16.5. The van der Waals surface area contributed by atoms with E-state index in [1.54, 1.807) is 36.3 Å². The first-order valence-corrected chi connectivity index (χ1v) is 12.1. The van der Waals surface area contributed by atoms with Crippen molar-refractivity contribution in [3.05, 3.63) is 29.8 Å². The Morgan fingerprint density at radius 1 is 1.18 bits per heavy atom. The number of piperidine rings is 1. The number of hydrogen-bond donors (Lipinski definition) is 1. The Hall–Kier alpha value is -2.61. The lowest BCUT2D eigenvalue weighted by Crippen LogP contribution is -2.60. The summed E-state index contributed by atoms with van der Waals surface area (Å²) in [5.41, 5.74) is -0.403. The molecule has 0 unspecified atom stereocenters. The molecular weight excluding hydrogens is 422 g/mol. The molecular formula is C25H35N3O5. The number of likely N-dealkylation sites (tertiary alicyclic amines) is 1. The van der Waals surface area contributed by atoms with Gasteiger partial charge < -0.3 is 19.7 Å². The monoisotopic (exact) mass is 457 g/mol. The first-order valence-electron chi connectivity index (χ1n) is 12.1. The highest BCUT2D eigenvalue weighted by molar-refractivity contribution is 5.98. The second-order valence-electron chi connectivity index (χ2n) is 9.45. The third-order valence-corrected chi connectivity index (χ3v) is 7.43.